The highest BCUT2D eigenvalue weighted by Crippen LogP contribution is 2.32. The van der Waals surface area contributed by atoms with Gasteiger partial charge in [-0.15, -0.1) is 0 Å². The molecule has 0 saturated carbocycles. The highest BCUT2D eigenvalue weighted by molar-refractivity contribution is 4.94. The zero-order valence-corrected chi connectivity index (χ0v) is 11.0. The maximum absolute atomic E-state index is 3.49. The molecule has 0 radical (unpaired) electrons. The van der Waals surface area contributed by atoms with E-state index in [1.165, 1.54) is 45.4 Å². The third-order valence-corrected chi connectivity index (χ3v) is 3.76. The summed E-state index contributed by atoms with van der Waals surface area (Å²) in [4.78, 5) is 2.69. The lowest BCUT2D eigenvalue weighted by atomic mass is 9.79. The molecule has 0 atom stereocenters. The molecule has 0 aromatic rings. The molecular formula is C13H28N2. The predicted molar refractivity (Wildman–Crippen MR) is 67.2 cm³/mol. The molecule has 0 aromatic carbocycles. The predicted octanol–water partition coefficient (Wildman–Crippen LogP) is 2.50. The first-order valence-corrected chi connectivity index (χ1v) is 6.60. The smallest absolute Gasteiger partial charge is 0.0235 e. The number of nitrogens with one attached hydrogen (secondary N) is 1. The lowest BCUT2D eigenvalue weighted by molar-refractivity contribution is 0.0463. The van der Waals surface area contributed by atoms with Crippen molar-refractivity contribution in [3.05, 3.63) is 0 Å². The maximum atomic E-state index is 3.49. The maximum Gasteiger partial charge on any atom is 0.0235 e. The summed E-state index contributed by atoms with van der Waals surface area (Å²) in [5.41, 5.74) is 0.489. The first kappa shape index (κ1) is 13.0. The Morgan fingerprint density at radius 3 is 2.07 bits per heavy atom. The minimum Gasteiger partial charge on any atom is -0.317 e. The SMILES string of the molecule is CCN(CC)C1(CC(C)C)CCNCC1. The molecule has 0 unspecified atom stereocenters. The van der Waals surface area contributed by atoms with Gasteiger partial charge in [0, 0.05) is 5.54 Å². The van der Waals surface area contributed by atoms with Crippen LogP contribution in [-0.4, -0.2) is 36.6 Å². The highest BCUT2D eigenvalue weighted by atomic mass is 15.2. The van der Waals surface area contributed by atoms with Crippen molar-refractivity contribution in [2.45, 2.75) is 52.5 Å². The third-order valence-electron chi connectivity index (χ3n) is 3.76. The monoisotopic (exact) mass is 212 g/mol. The normalized spacial score (nSPS) is 21.2. The van der Waals surface area contributed by atoms with Crippen LogP contribution < -0.4 is 5.32 Å². The molecule has 90 valence electrons. The van der Waals surface area contributed by atoms with E-state index < -0.39 is 0 Å². The molecule has 1 aliphatic heterocycles. The summed E-state index contributed by atoms with van der Waals surface area (Å²) in [6.45, 7) is 14.1. The number of hydrogen-bond donors (Lipinski definition) is 1. The topological polar surface area (TPSA) is 15.3 Å². The first-order chi connectivity index (χ1) is 7.14. The Balaban J connectivity index is 2.73. The van der Waals surface area contributed by atoms with Crippen molar-refractivity contribution in [2.75, 3.05) is 26.2 Å². The summed E-state index contributed by atoms with van der Waals surface area (Å²) in [5, 5.41) is 3.49. The first-order valence-electron chi connectivity index (χ1n) is 6.60. The van der Waals surface area contributed by atoms with E-state index in [2.05, 4.69) is 37.9 Å². The summed E-state index contributed by atoms with van der Waals surface area (Å²) >= 11 is 0. The van der Waals surface area contributed by atoms with Crippen LogP contribution in [0.1, 0.15) is 47.0 Å². The number of piperidine rings is 1. The van der Waals surface area contributed by atoms with Gasteiger partial charge in [0.1, 0.15) is 0 Å². The highest BCUT2D eigenvalue weighted by Gasteiger charge is 2.36. The molecule has 15 heavy (non-hydrogen) atoms. The van der Waals surface area contributed by atoms with Crippen molar-refractivity contribution in [3.63, 3.8) is 0 Å². The second kappa shape index (κ2) is 5.86. The Labute approximate surface area is 95.4 Å². The molecule has 1 fully saturated rings. The van der Waals surface area contributed by atoms with Crippen LogP contribution in [0.5, 0.6) is 0 Å². The zero-order valence-electron chi connectivity index (χ0n) is 11.0. The van der Waals surface area contributed by atoms with Crippen molar-refractivity contribution in [1.29, 1.82) is 0 Å². The van der Waals surface area contributed by atoms with E-state index in [-0.39, 0.29) is 0 Å². The molecule has 1 N–H and O–H groups in total. The van der Waals surface area contributed by atoms with Crippen LogP contribution in [0.4, 0.5) is 0 Å². The van der Waals surface area contributed by atoms with Crippen molar-refractivity contribution in [3.8, 4) is 0 Å². The van der Waals surface area contributed by atoms with Gasteiger partial charge in [-0.05, 0) is 51.4 Å². The van der Waals surface area contributed by atoms with Crippen LogP contribution in [0, 0.1) is 5.92 Å². The number of hydrogen-bond acceptors (Lipinski definition) is 2. The zero-order chi connectivity index (χ0) is 11.3. The number of nitrogens with zero attached hydrogens (tertiary/aromatic N) is 1. The lowest BCUT2D eigenvalue weighted by Crippen LogP contribution is -2.55. The second-order valence-electron chi connectivity index (χ2n) is 5.24. The van der Waals surface area contributed by atoms with Crippen LogP contribution in [0.2, 0.25) is 0 Å². The van der Waals surface area contributed by atoms with Crippen molar-refractivity contribution < 1.29 is 0 Å². The van der Waals surface area contributed by atoms with Crippen molar-refractivity contribution in [1.82, 2.24) is 10.2 Å². The fourth-order valence-corrected chi connectivity index (χ4v) is 3.20. The van der Waals surface area contributed by atoms with Crippen LogP contribution in [-0.2, 0) is 0 Å². The Morgan fingerprint density at radius 2 is 1.67 bits per heavy atom. The van der Waals surface area contributed by atoms with E-state index in [0.717, 1.165) is 5.92 Å². The number of rotatable bonds is 5. The minimum absolute atomic E-state index is 0.489. The molecule has 0 aromatic heterocycles. The average Bonchev–Trinajstić information content (AvgIpc) is 2.19. The molecule has 0 spiro atoms. The molecule has 1 aliphatic rings. The molecule has 2 heteroatoms. The minimum atomic E-state index is 0.489. The average molecular weight is 212 g/mol. The van der Waals surface area contributed by atoms with Crippen LogP contribution >= 0.6 is 0 Å². The Kier molecular flexibility index (Phi) is 5.07. The Hall–Kier alpha value is -0.0800. The fraction of sp³-hybridized carbons (Fsp3) is 1.00. The van der Waals surface area contributed by atoms with Gasteiger partial charge in [-0.25, -0.2) is 0 Å². The second-order valence-corrected chi connectivity index (χ2v) is 5.24. The summed E-state index contributed by atoms with van der Waals surface area (Å²) in [6, 6.07) is 0. The fourth-order valence-electron chi connectivity index (χ4n) is 3.20. The Bertz CT molecular complexity index is 167. The van der Waals surface area contributed by atoms with E-state index >= 15 is 0 Å². The van der Waals surface area contributed by atoms with Gasteiger partial charge < -0.3 is 5.32 Å². The lowest BCUT2D eigenvalue weighted by Gasteiger charge is -2.47. The molecule has 0 amide bonds. The van der Waals surface area contributed by atoms with Crippen LogP contribution in [0.15, 0.2) is 0 Å². The molecular weight excluding hydrogens is 184 g/mol. The molecule has 1 heterocycles. The summed E-state index contributed by atoms with van der Waals surface area (Å²) in [6.07, 6.45) is 4.01. The van der Waals surface area contributed by atoms with Gasteiger partial charge in [0.15, 0.2) is 0 Å². The van der Waals surface area contributed by atoms with Gasteiger partial charge >= 0.3 is 0 Å². The Morgan fingerprint density at radius 1 is 1.13 bits per heavy atom. The van der Waals surface area contributed by atoms with Gasteiger partial charge in [-0.3, -0.25) is 4.90 Å². The van der Waals surface area contributed by atoms with Crippen molar-refractivity contribution in [2.24, 2.45) is 5.92 Å². The van der Waals surface area contributed by atoms with E-state index in [1.807, 2.05) is 0 Å². The van der Waals surface area contributed by atoms with E-state index in [4.69, 9.17) is 0 Å². The molecule has 0 aliphatic carbocycles. The summed E-state index contributed by atoms with van der Waals surface area (Å²) < 4.78 is 0. The molecule has 1 rings (SSSR count). The van der Waals surface area contributed by atoms with E-state index in [9.17, 15) is 0 Å². The van der Waals surface area contributed by atoms with Gasteiger partial charge in [-0.2, -0.15) is 0 Å². The molecule has 0 bridgehead atoms. The summed E-state index contributed by atoms with van der Waals surface area (Å²) in [7, 11) is 0. The van der Waals surface area contributed by atoms with E-state index in [0.29, 0.717) is 5.54 Å². The van der Waals surface area contributed by atoms with Gasteiger partial charge in [0.2, 0.25) is 0 Å². The van der Waals surface area contributed by atoms with Crippen LogP contribution in [0.3, 0.4) is 0 Å². The molecule has 1 saturated heterocycles. The van der Waals surface area contributed by atoms with Gasteiger partial charge in [-0.1, -0.05) is 27.7 Å². The van der Waals surface area contributed by atoms with E-state index in [1.54, 1.807) is 0 Å². The summed E-state index contributed by atoms with van der Waals surface area (Å²) in [5.74, 6) is 0.809. The van der Waals surface area contributed by atoms with Crippen LogP contribution in [0.25, 0.3) is 0 Å². The van der Waals surface area contributed by atoms with Gasteiger partial charge in [0.25, 0.3) is 0 Å². The largest absolute Gasteiger partial charge is 0.317 e. The quantitative estimate of drug-likeness (QED) is 0.753. The standard InChI is InChI=1S/C13H28N2/c1-5-15(6-2)13(11-12(3)4)7-9-14-10-8-13/h12,14H,5-11H2,1-4H3. The van der Waals surface area contributed by atoms with Gasteiger partial charge in [0.05, 0.1) is 0 Å². The third kappa shape index (κ3) is 3.18. The van der Waals surface area contributed by atoms with Crippen molar-refractivity contribution >= 4 is 0 Å². The molecule has 2 nitrogen and oxygen atoms in total.